The minimum absolute atomic E-state index is 0.659. The van der Waals surface area contributed by atoms with Crippen molar-refractivity contribution in [3.05, 3.63) is 52.1 Å². The maximum absolute atomic E-state index is 8.77. The second-order valence-corrected chi connectivity index (χ2v) is 4.81. The third kappa shape index (κ3) is 2.52. The Morgan fingerprint density at radius 1 is 1.17 bits per heavy atom. The van der Waals surface area contributed by atoms with Crippen LogP contribution in [0, 0.1) is 18.3 Å². The highest BCUT2D eigenvalue weighted by Gasteiger charge is 2.06. The van der Waals surface area contributed by atoms with Crippen LogP contribution in [0.15, 0.2) is 40.9 Å². The molecule has 0 bridgehead atoms. The largest absolute Gasteiger partial charge is 0.329 e. The predicted molar refractivity (Wildman–Crippen MR) is 75.9 cm³/mol. The summed E-state index contributed by atoms with van der Waals surface area (Å²) in [5.74, 6) is 0.875. The number of hydrogen-bond donors (Lipinski definition) is 0. The van der Waals surface area contributed by atoms with Gasteiger partial charge in [0.15, 0.2) is 0 Å². The minimum Gasteiger partial charge on any atom is -0.329 e. The highest BCUT2D eigenvalue weighted by molar-refractivity contribution is 9.10. The fraction of sp³-hybridized carbons (Fsp3) is 0.143. The molecule has 0 aliphatic rings. The number of rotatable bonds is 2. The van der Waals surface area contributed by atoms with Crippen LogP contribution in [0.4, 0.5) is 11.5 Å². The van der Waals surface area contributed by atoms with Crippen LogP contribution in [-0.2, 0) is 0 Å². The van der Waals surface area contributed by atoms with Gasteiger partial charge in [0.1, 0.15) is 5.82 Å². The van der Waals surface area contributed by atoms with E-state index in [0.717, 1.165) is 21.7 Å². The van der Waals surface area contributed by atoms with E-state index in [1.807, 2.05) is 43.1 Å². The summed E-state index contributed by atoms with van der Waals surface area (Å²) in [6, 6.07) is 13.5. The third-order valence-electron chi connectivity index (χ3n) is 2.73. The molecule has 0 unspecified atom stereocenters. The van der Waals surface area contributed by atoms with Crippen molar-refractivity contribution in [3.8, 4) is 6.07 Å². The second kappa shape index (κ2) is 5.19. The number of pyridine rings is 1. The van der Waals surface area contributed by atoms with E-state index in [4.69, 9.17) is 5.26 Å². The Labute approximate surface area is 115 Å². The van der Waals surface area contributed by atoms with Crippen LogP contribution >= 0.6 is 15.9 Å². The second-order valence-electron chi connectivity index (χ2n) is 3.95. The molecule has 1 heterocycles. The molecule has 1 aromatic heterocycles. The first kappa shape index (κ1) is 12.6. The molecule has 1 aromatic carbocycles. The molecule has 0 saturated heterocycles. The lowest BCUT2D eigenvalue weighted by Crippen LogP contribution is -2.11. The summed E-state index contributed by atoms with van der Waals surface area (Å²) in [6.07, 6.45) is 0. The van der Waals surface area contributed by atoms with Gasteiger partial charge in [-0.25, -0.2) is 4.98 Å². The lowest BCUT2D eigenvalue weighted by Gasteiger charge is -2.19. The summed E-state index contributed by atoms with van der Waals surface area (Å²) in [6.45, 7) is 1.96. The summed E-state index contributed by atoms with van der Waals surface area (Å²) in [7, 11) is 1.96. The molecule has 2 rings (SSSR count). The summed E-state index contributed by atoms with van der Waals surface area (Å²) in [4.78, 5) is 6.49. The molecule has 0 aliphatic heterocycles. The van der Waals surface area contributed by atoms with Gasteiger partial charge < -0.3 is 4.90 Å². The Kier molecular flexibility index (Phi) is 3.63. The number of anilines is 2. The molecular formula is C14H12BrN3. The normalized spacial score (nSPS) is 9.89. The van der Waals surface area contributed by atoms with Crippen molar-refractivity contribution in [2.45, 2.75) is 6.92 Å². The van der Waals surface area contributed by atoms with Crippen molar-refractivity contribution in [2.24, 2.45) is 0 Å². The molecule has 18 heavy (non-hydrogen) atoms. The molecular weight excluding hydrogens is 290 g/mol. The SMILES string of the molecule is Cc1nc(N(C)c2ccc(C#N)cc2)ccc1Br. The standard InChI is InChI=1S/C14H12BrN3/c1-10-13(15)7-8-14(17-10)18(2)12-5-3-11(9-16)4-6-12/h3-8H,1-2H3. The average molecular weight is 302 g/mol. The molecule has 0 saturated carbocycles. The number of halogens is 1. The van der Waals surface area contributed by atoms with E-state index in [2.05, 4.69) is 27.0 Å². The third-order valence-corrected chi connectivity index (χ3v) is 3.57. The lowest BCUT2D eigenvalue weighted by molar-refractivity contribution is 1.08. The van der Waals surface area contributed by atoms with Crippen molar-refractivity contribution < 1.29 is 0 Å². The average Bonchev–Trinajstić information content (AvgIpc) is 2.41. The van der Waals surface area contributed by atoms with Crippen LogP contribution in [0.2, 0.25) is 0 Å². The van der Waals surface area contributed by atoms with E-state index in [0.29, 0.717) is 5.56 Å². The van der Waals surface area contributed by atoms with Gasteiger partial charge in [-0.15, -0.1) is 0 Å². The number of aryl methyl sites for hydroxylation is 1. The molecule has 90 valence electrons. The summed E-state index contributed by atoms with van der Waals surface area (Å²) >= 11 is 3.44. The van der Waals surface area contributed by atoms with Gasteiger partial charge in [0, 0.05) is 17.2 Å². The first-order valence-electron chi connectivity index (χ1n) is 5.49. The molecule has 0 N–H and O–H groups in total. The van der Waals surface area contributed by atoms with E-state index in [1.165, 1.54) is 0 Å². The molecule has 0 radical (unpaired) electrons. The monoisotopic (exact) mass is 301 g/mol. The van der Waals surface area contributed by atoms with Crippen LogP contribution in [0.5, 0.6) is 0 Å². The van der Waals surface area contributed by atoms with Crippen LogP contribution in [-0.4, -0.2) is 12.0 Å². The van der Waals surface area contributed by atoms with Gasteiger partial charge >= 0.3 is 0 Å². The van der Waals surface area contributed by atoms with E-state index < -0.39 is 0 Å². The van der Waals surface area contributed by atoms with Gasteiger partial charge in [0.25, 0.3) is 0 Å². The zero-order valence-electron chi connectivity index (χ0n) is 10.2. The van der Waals surface area contributed by atoms with Gasteiger partial charge in [-0.05, 0) is 59.3 Å². The van der Waals surface area contributed by atoms with Crippen molar-refractivity contribution in [3.63, 3.8) is 0 Å². The fourth-order valence-corrected chi connectivity index (χ4v) is 1.83. The Hall–Kier alpha value is -1.86. The Morgan fingerprint density at radius 2 is 1.83 bits per heavy atom. The number of benzene rings is 1. The van der Waals surface area contributed by atoms with E-state index in [9.17, 15) is 0 Å². The lowest BCUT2D eigenvalue weighted by atomic mass is 10.2. The molecule has 4 heteroatoms. The first-order chi connectivity index (χ1) is 8.61. The topological polar surface area (TPSA) is 39.9 Å². The van der Waals surface area contributed by atoms with Gasteiger partial charge in [0.2, 0.25) is 0 Å². The van der Waals surface area contributed by atoms with Crippen LogP contribution in [0.25, 0.3) is 0 Å². The quantitative estimate of drug-likeness (QED) is 0.847. The smallest absolute Gasteiger partial charge is 0.133 e. The van der Waals surface area contributed by atoms with E-state index in [-0.39, 0.29) is 0 Å². The molecule has 0 aliphatic carbocycles. The van der Waals surface area contributed by atoms with Crippen molar-refractivity contribution >= 4 is 27.4 Å². The van der Waals surface area contributed by atoms with Gasteiger partial charge in [-0.3, -0.25) is 0 Å². The number of aromatic nitrogens is 1. The van der Waals surface area contributed by atoms with Crippen LogP contribution in [0.1, 0.15) is 11.3 Å². The Bertz CT molecular complexity index is 599. The molecule has 0 atom stereocenters. The summed E-state index contributed by atoms with van der Waals surface area (Å²) in [5.41, 5.74) is 2.61. The van der Waals surface area contributed by atoms with Gasteiger partial charge in [-0.1, -0.05) is 0 Å². The highest BCUT2D eigenvalue weighted by atomic mass is 79.9. The van der Waals surface area contributed by atoms with Crippen molar-refractivity contribution in [1.82, 2.24) is 4.98 Å². The number of hydrogen-bond acceptors (Lipinski definition) is 3. The number of nitrogens with zero attached hydrogens (tertiary/aromatic N) is 3. The maximum atomic E-state index is 8.77. The van der Waals surface area contributed by atoms with Gasteiger partial charge in [0.05, 0.1) is 17.3 Å². The Morgan fingerprint density at radius 3 is 2.39 bits per heavy atom. The fourth-order valence-electron chi connectivity index (χ4n) is 1.61. The minimum atomic E-state index is 0.659. The van der Waals surface area contributed by atoms with Crippen LogP contribution in [0.3, 0.4) is 0 Å². The Balaban J connectivity index is 2.32. The molecule has 2 aromatic rings. The summed E-state index contributed by atoms with van der Waals surface area (Å²) in [5, 5.41) is 8.77. The molecule has 3 nitrogen and oxygen atoms in total. The summed E-state index contributed by atoms with van der Waals surface area (Å²) < 4.78 is 1.000. The van der Waals surface area contributed by atoms with Gasteiger partial charge in [-0.2, -0.15) is 5.26 Å². The highest BCUT2D eigenvalue weighted by Crippen LogP contribution is 2.24. The molecule has 0 spiro atoms. The predicted octanol–water partition coefficient (Wildman–Crippen LogP) is 3.79. The van der Waals surface area contributed by atoms with Crippen LogP contribution < -0.4 is 4.90 Å². The van der Waals surface area contributed by atoms with E-state index >= 15 is 0 Å². The first-order valence-corrected chi connectivity index (χ1v) is 6.28. The van der Waals surface area contributed by atoms with Crippen molar-refractivity contribution in [1.29, 1.82) is 5.26 Å². The van der Waals surface area contributed by atoms with E-state index in [1.54, 1.807) is 12.1 Å². The zero-order chi connectivity index (χ0) is 13.1. The molecule has 0 fully saturated rings. The number of nitriles is 1. The zero-order valence-corrected chi connectivity index (χ0v) is 11.8. The maximum Gasteiger partial charge on any atom is 0.133 e. The van der Waals surface area contributed by atoms with Crippen molar-refractivity contribution in [2.75, 3.05) is 11.9 Å². The molecule has 0 amide bonds.